The molecular weight excluding hydrogens is 196 g/mol. The van der Waals surface area contributed by atoms with Crippen molar-refractivity contribution in [1.82, 2.24) is 5.32 Å². The molecule has 79 valence electrons. The maximum atomic E-state index is 7.85. The van der Waals surface area contributed by atoms with Gasteiger partial charge in [-0.15, -0.1) is 0 Å². The summed E-state index contributed by atoms with van der Waals surface area (Å²) in [6.07, 6.45) is 0. The molecule has 2 aromatic rings. The minimum absolute atomic E-state index is 0.442. The van der Waals surface area contributed by atoms with Gasteiger partial charge in [0.25, 0.3) is 0 Å². The molecule has 0 aliphatic carbocycles. The Kier molecular flexibility index (Phi) is 3.34. The van der Waals surface area contributed by atoms with E-state index in [9.17, 15) is 0 Å². The van der Waals surface area contributed by atoms with Crippen molar-refractivity contribution < 1.29 is 0 Å². The molecule has 0 spiro atoms. The van der Waals surface area contributed by atoms with Crippen LogP contribution in [-0.4, -0.2) is 5.84 Å². The van der Waals surface area contributed by atoms with Gasteiger partial charge in [0.05, 0.1) is 0 Å². The summed E-state index contributed by atoms with van der Waals surface area (Å²) in [7, 11) is 0. The fourth-order valence-electron chi connectivity index (χ4n) is 1.44. The first-order valence-electron chi connectivity index (χ1n) is 5.19. The molecule has 0 saturated heterocycles. The summed E-state index contributed by atoms with van der Waals surface area (Å²) in [6.45, 7) is 0.679. The summed E-state index contributed by atoms with van der Waals surface area (Å²) in [5.74, 6) is 0.442. The number of hydrogen-bond donors (Lipinski definition) is 2. The van der Waals surface area contributed by atoms with Crippen LogP contribution < -0.4 is 5.32 Å². The van der Waals surface area contributed by atoms with E-state index >= 15 is 0 Å². The second-order valence-electron chi connectivity index (χ2n) is 3.50. The third-order valence-electron chi connectivity index (χ3n) is 2.32. The van der Waals surface area contributed by atoms with Gasteiger partial charge in [-0.2, -0.15) is 0 Å². The van der Waals surface area contributed by atoms with E-state index in [2.05, 4.69) is 11.4 Å². The molecule has 0 aliphatic rings. The van der Waals surface area contributed by atoms with Crippen molar-refractivity contribution in [2.24, 2.45) is 0 Å². The molecule has 2 rings (SSSR count). The Morgan fingerprint density at radius 3 is 2.44 bits per heavy atom. The van der Waals surface area contributed by atoms with Crippen molar-refractivity contribution in [1.29, 1.82) is 5.41 Å². The van der Waals surface area contributed by atoms with Gasteiger partial charge in [-0.3, -0.25) is 5.41 Å². The summed E-state index contributed by atoms with van der Waals surface area (Å²) in [4.78, 5) is 0. The van der Waals surface area contributed by atoms with Crippen LogP contribution in [0, 0.1) is 11.5 Å². The van der Waals surface area contributed by atoms with E-state index < -0.39 is 0 Å². The highest BCUT2D eigenvalue weighted by atomic mass is 14.9. The van der Waals surface area contributed by atoms with Crippen LogP contribution in [0.5, 0.6) is 0 Å². The topological polar surface area (TPSA) is 35.9 Å². The monoisotopic (exact) mass is 209 g/mol. The summed E-state index contributed by atoms with van der Waals surface area (Å²) >= 11 is 0. The summed E-state index contributed by atoms with van der Waals surface area (Å²) < 4.78 is 0. The quantitative estimate of drug-likeness (QED) is 0.591. The van der Waals surface area contributed by atoms with Crippen molar-refractivity contribution in [2.45, 2.75) is 6.54 Å². The SMILES string of the molecule is N=C(NCc1ccccc1)c1cc[c]cc1. The van der Waals surface area contributed by atoms with E-state index in [1.54, 1.807) is 0 Å². The van der Waals surface area contributed by atoms with Gasteiger partial charge in [0.15, 0.2) is 0 Å². The first kappa shape index (κ1) is 10.4. The maximum absolute atomic E-state index is 7.85. The molecule has 2 N–H and O–H groups in total. The summed E-state index contributed by atoms with van der Waals surface area (Å²) in [5.41, 5.74) is 2.06. The van der Waals surface area contributed by atoms with Crippen LogP contribution in [0.1, 0.15) is 11.1 Å². The van der Waals surface area contributed by atoms with E-state index in [0.717, 1.165) is 5.56 Å². The Labute approximate surface area is 95.5 Å². The Hall–Kier alpha value is -2.09. The molecule has 16 heavy (non-hydrogen) atoms. The zero-order valence-electron chi connectivity index (χ0n) is 8.90. The van der Waals surface area contributed by atoms with Gasteiger partial charge >= 0.3 is 0 Å². The molecule has 0 bridgehead atoms. The molecule has 0 aliphatic heterocycles. The minimum atomic E-state index is 0.442. The van der Waals surface area contributed by atoms with Crippen LogP contribution in [0.15, 0.2) is 54.6 Å². The van der Waals surface area contributed by atoms with Crippen LogP contribution in [0.3, 0.4) is 0 Å². The number of hydrogen-bond acceptors (Lipinski definition) is 1. The zero-order chi connectivity index (χ0) is 11.2. The van der Waals surface area contributed by atoms with Crippen molar-refractivity contribution in [3.05, 3.63) is 71.8 Å². The third kappa shape index (κ3) is 2.70. The van der Waals surface area contributed by atoms with Gasteiger partial charge < -0.3 is 5.32 Å². The lowest BCUT2D eigenvalue weighted by Crippen LogP contribution is -2.22. The van der Waals surface area contributed by atoms with Crippen LogP contribution in [0.2, 0.25) is 0 Å². The highest BCUT2D eigenvalue weighted by Gasteiger charge is 1.98. The molecule has 1 radical (unpaired) electrons. The van der Waals surface area contributed by atoms with Crippen LogP contribution in [0.25, 0.3) is 0 Å². The van der Waals surface area contributed by atoms with Gasteiger partial charge in [0.2, 0.25) is 0 Å². The van der Waals surface area contributed by atoms with Crippen molar-refractivity contribution in [3.63, 3.8) is 0 Å². The van der Waals surface area contributed by atoms with Crippen molar-refractivity contribution >= 4 is 5.84 Å². The maximum Gasteiger partial charge on any atom is 0.125 e. The van der Waals surface area contributed by atoms with Gasteiger partial charge in [0.1, 0.15) is 5.84 Å². The largest absolute Gasteiger partial charge is 0.366 e. The zero-order valence-corrected chi connectivity index (χ0v) is 8.90. The van der Waals surface area contributed by atoms with E-state index in [4.69, 9.17) is 5.41 Å². The fourth-order valence-corrected chi connectivity index (χ4v) is 1.44. The predicted octanol–water partition coefficient (Wildman–Crippen LogP) is 2.60. The van der Waals surface area contributed by atoms with Crippen LogP contribution in [-0.2, 0) is 6.54 Å². The van der Waals surface area contributed by atoms with Crippen LogP contribution >= 0.6 is 0 Å². The molecule has 2 aromatic carbocycles. The number of benzene rings is 2. The first-order chi connectivity index (χ1) is 7.86. The first-order valence-corrected chi connectivity index (χ1v) is 5.19. The number of rotatable bonds is 3. The van der Waals surface area contributed by atoms with Crippen LogP contribution in [0.4, 0.5) is 0 Å². The third-order valence-corrected chi connectivity index (χ3v) is 2.32. The fraction of sp³-hybridized carbons (Fsp3) is 0.0714. The van der Waals surface area contributed by atoms with Gasteiger partial charge in [-0.05, 0) is 11.6 Å². The van der Waals surface area contributed by atoms with Gasteiger partial charge in [-0.25, -0.2) is 0 Å². The normalized spacial score (nSPS) is 9.75. The minimum Gasteiger partial charge on any atom is -0.366 e. The van der Waals surface area contributed by atoms with Crippen molar-refractivity contribution in [3.8, 4) is 0 Å². The number of amidine groups is 1. The lowest BCUT2D eigenvalue weighted by atomic mass is 10.2. The molecule has 0 amide bonds. The Balaban J connectivity index is 1.95. The molecule has 0 aromatic heterocycles. The molecule has 0 heterocycles. The Bertz CT molecular complexity index is 449. The average Bonchev–Trinajstić information content (AvgIpc) is 2.38. The molecule has 2 nitrogen and oxygen atoms in total. The summed E-state index contributed by atoms with van der Waals surface area (Å²) in [5, 5.41) is 10.9. The molecule has 0 fully saturated rings. The lowest BCUT2D eigenvalue weighted by molar-refractivity contribution is 0.908. The molecule has 2 heteroatoms. The van der Waals surface area contributed by atoms with Crippen molar-refractivity contribution in [2.75, 3.05) is 0 Å². The van der Waals surface area contributed by atoms with E-state index in [1.165, 1.54) is 5.56 Å². The Morgan fingerprint density at radius 2 is 1.75 bits per heavy atom. The van der Waals surface area contributed by atoms with E-state index in [-0.39, 0.29) is 0 Å². The molecule has 0 atom stereocenters. The Morgan fingerprint density at radius 1 is 1.06 bits per heavy atom. The second kappa shape index (κ2) is 5.12. The highest BCUT2D eigenvalue weighted by Crippen LogP contribution is 2.00. The lowest BCUT2D eigenvalue weighted by Gasteiger charge is -2.07. The molecular formula is C14H13N2. The van der Waals surface area contributed by atoms with E-state index in [1.807, 2.05) is 54.6 Å². The van der Waals surface area contributed by atoms with Gasteiger partial charge in [-0.1, -0.05) is 54.6 Å². The standard InChI is InChI=1S/C14H13N2/c15-14(13-9-5-2-6-10-13)16-11-12-7-3-1-4-8-12/h1,3-10H,11H2,(H2,15,16). The average molecular weight is 209 g/mol. The predicted molar refractivity (Wildman–Crippen MR) is 65.4 cm³/mol. The van der Waals surface area contributed by atoms with E-state index in [0.29, 0.717) is 12.4 Å². The smallest absolute Gasteiger partial charge is 0.125 e. The molecule has 0 unspecified atom stereocenters. The van der Waals surface area contributed by atoms with Gasteiger partial charge in [0, 0.05) is 12.1 Å². The molecule has 0 saturated carbocycles. The number of nitrogens with one attached hydrogen (secondary N) is 2. The highest BCUT2D eigenvalue weighted by molar-refractivity contribution is 5.96. The summed E-state index contributed by atoms with van der Waals surface area (Å²) in [6, 6.07) is 20.4. The second-order valence-corrected chi connectivity index (χ2v) is 3.50.